The highest BCUT2D eigenvalue weighted by Gasteiger charge is 2.41. The molecule has 0 spiro atoms. The van der Waals surface area contributed by atoms with Crippen molar-refractivity contribution in [3.05, 3.63) is 214 Å². The van der Waals surface area contributed by atoms with Crippen LogP contribution in [0.1, 0.15) is 78.5 Å². The number of benzene rings is 7. The van der Waals surface area contributed by atoms with Crippen molar-refractivity contribution in [3.63, 3.8) is 0 Å². The van der Waals surface area contributed by atoms with Crippen molar-refractivity contribution in [2.45, 2.75) is 85.7 Å². The minimum absolute atomic E-state index is 0.0471. The molecule has 0 bridgehead atoms. The lowest BCUT2D eigenvalue weighted by Crippen LogP contribution is -2.49. The van der Waals surface area contributed by atoms with Crippen LogP contribution in [0.4, 0.5) is 5.69 Å². The molecule has 5 N–H and O–H groups in total. The van der Waals surface area contributed by atoms with Crippen molar-refractivity contribution in [3.8, 4) is 16.9 Å². The molecule has 0 aromatic heterocycles. The van der Waals surface area contributed by atoms with Crippen molar-refractivity contribution in [1.82, 2.24) is 15.1 Å². The average molecular weight is 1180 g/mol. The molecule has 87 heavy (non-hydrogen) atoms. The second kappa shape index (κ2) is 27.5. The van der Waals surface area contributed by atoms with E-state index in [4.69, 9.17) is 4.74 Å². The largest absolute Gasteiger partial charge is 0.496 e. The highest BCUT2D eigenvalue weighted by Crippen LogP contribution is 2.46. The minimum Gasteiger partial charge on any atom is -0.496 e. The molecule has 0 unspecified atom stereocenters. The number of carbonyl (C=O) groups excluding carboxylic acids is 2. The van der Waals surface area contributed by atoms with E-state index in [2.05, 4.69) is 177 Å². The summed E-state index contributed by atoms with van der Waals surface area (Å²) in [4.78, 5) is 32.4. The van der Waals surface area contributed by atoms with Crippen LogP contribution in [0.5, 0.6) is 5.75 Å². The predicted molar refractivity (Wildman–Crippen MR) is 363 cm³/mol. The average Bonchev–Trinajstić information content (AvgIpc) is 0.786. The fourth-order valence-corrected chi connectivity index (χ4v) is 15.7. The molecule has 12 nitrogen and oxygen atoms in total. The molecule has 0 saturated carbocycles. The van der Waals surface area contributed by atoms with E-state index in [1.165, 1.54) is 38.5 Å². The Bertz CT molecular complexity index is 3950. The lowest BCUT2D eigenvalue weighted by atomic mass is 9.77. The van der Waals surface area contributed by atoms with E-state index in [1.54, 1.807) is 33.1 Å². The van der Waals surface area contributed by atoms with Gasteiger partial charge in [-0.2, -0.15) is 0 Å². The third-order valence-electron chi connectivity index (χ3n) is 17.5. The van der Waals surface area contributed by atoms with Crippen molar-refractivity contribution in [2.24, 2.45) is 0 Å². The first-order valence-corrected chi connectivity index (χ1v) is 33.2. The molecule has 0 saturated heterocycles. The standard InChI is InChI=1S/C72H83B2N5O7Si/c1-47(2)67(80)28-19-20-36-78(43-51-22-13-17-26-65(51)73(82)83)46-64-57-25-16-15-24-56(57)63(45-79(37-21-35-75-72(81)48(3)4)44-52-23-14-18-27-66(52)74(84)85)58-32-29-50(38-62(58)64)53-39-61(49(5)68(40-53)86-10)71-59-33-30-54(76(6)7)41-69(59)87(11,12)70-42-55(77(8)9)31-34-60(70)71/h13-18,22-27,29-34,38-42,82-85H,1,3,19-21,28,35-37,43-46H2,2,4-12H3/p+1. The number of hydrogen-bond donors (Lipinski definition) is 5. The van der Waals surface area contributed by atoms with Crippen molar-refractivity contribution >= 4 is 88.6 Å². The summed E-state index contributed by atoms with van der Waals surface area (Å²) in [6.07, 6.45) is 9.36. The fraction of sp³-hybridized carbons (Fsp3) is 0.292. The van der Waals surface area contributed by atoms with Gasteiger partial charge in [-0.15, -0.1) is 0 Å². The number of hydrogen-bond acceptors (Lipinski definition) is 10. The lowest BCUT2D eigenvalue weighted by Gasteiger charge is -2.38. The van der Waals surface area contributed by atoms with Crippen LogP contribution in [0.2, 0.25) is 13.1 Å². The summed E-state index contributed by atoms with van der Waals surface area (Å²) in [5, 5.41) is 52.6. The van der Waals surface area contributed by atoms with Gasteiger partial charge in [0.1, 0.15) is 27.9 Å². The highest BCUT2D eigenvalue weighted by atomic mass is 28.3. The maximum atomic E-state index is 12.9. The zero-order valence-electron chi connectivity index (χ0n) is 52.4. The van der Waals surface area contributed by atoms with Gasteiger partial charge in [0, 0.05) is 83.2 Å². The Balaban J connectivity index is 1.27. The van der Waals surface area contributed by atoms with E-state index in [0.717, 1.165) is 78.2 Å². The van der Waals surface area contributed by atoms with Crippen LogP contribution in [-0.4, -0.2) is 129 Å². The number of unbranched alkanes of at least 4 members (excludes halogenated alkanes) is 1. The number of ketones is 1. The van der Waals surface area contributed by atoms with Crippen LogP contribution in [0.15, 0.2) is 175 Å². The molecule has 0 atom stereocenters. The molecule has 1 heterocycles. The number of rotatable bonds is 25. The SMILES string of the molecule is C=C(C)C(=O)CCCCN(Cc1ccccc1B(O)O)Cc1c2ccccc2c(CN(CCCNC(=O)C(=C)C)Cc2ccccc2B(O)O)c2ccc(-c3cc(OC)c(C)c(C4=C5C=CC(=[N+](C)C)C=C5[Si](C)(C)c5cc(N(C)C)ccc54)c3)cc12. The number of fused-ring (bicyclic) bond motifs is 4. The minimum atomic E-state index is -2.27. The second-order valence-corrected chi connectivity index (χ2v) is 28.8. The zero-order valence-corrected chi connectivity index (χ0v) is 53.4. The van der Waals surface area contributed by atoms with Gasteiger partial charge in [-0.3, -0.25) is 19.4 Å². The number of amides is 1. The van der Waals surface area contributed by atoms with Gasteiger partial charge in [0.05, 0.1) is 7.11 Å². The summed E-state index contributed by atoms with van der Waals surface area (Å²) < 4.78 is 8.57. The Labute approximate surface area is 516 Å². The molecule has 0 radical (unpaired) electrons. The lowest BCUT2D eigenvalue weighted by molar-refractivity contribution is -0.462. The van der Waals surface area contributed by atoms with Crippen LogP contribution in [0.25, 0.3) is 38.2 Å². The van der Waals surface area contributed by atoms with Gasteiger partial charge in [0.15, 0.2) is 11.5 Å². The Hall–Kier alpha value is -7.72. The molecule has 9 rings (SSSR count). The number of anilines is 1. The fourth-order valence-electron chi connectivity index (χ4n) is 12.6. The third kappa shape index (κ3) is 14.0. The van der Waals surface area contributed by atoms with Gasteiger partial charge in [-0.25, -0.2) is 4.58 Å². The van der Waals surface area contributed by atoms with Crippen LogP contribution in [0, 0.1) is 6.92 Å². The zero-order chi connectivity index (χ0) is 62.4. The van der Waals surface area contributed by atoms with E-state index in [-0.39, 0.29) is 11.7 Å². The molecule has 0 fully saturated rings. The Morgan fingerprint density at radius 2 is 1.24 bits per heavy atom. The molecule has 7 aromatic rings. The number of methoxy groups -OCH3 is 1. The number of nitrogens with zero attached hydrogens (tertiary/aromatic N) is 4. The third-order valence-corrected chi connectivity index (χ3v) is 21.0. The van der Waals surface area contributed by atoms with Gasteiger partial charge < -0.3 is 35.0 Å². The summed E-state index contributed by atoms with van der Waals surface area (Å²) in [7, 11) is 4.56. The summed E-state index contributed by atoms with van der Waals surface area (Å²) in [6, 6.07) is 41.7. The monoisotopic (exact) mass is 1180 g/mol. The number of ether oxygens (including phenoxy) is 1. The first kappa shape index (κ1) is 63.8. The van der Waals surface area contributed by atoms with Crippen molar-refractivity contribution in [2.75, 3.05) is 59.8 Å². The van der Waals surface area contributed by atoms with E-state index in [9.17, 15) is 29.7 Å². The molecule has 448 valence electrons. The maximum absolute atomic E-state index is 12.9. The van der Waals surface area contributed by atoms with Gasteiger partial charge in [0.25, 0.3) is 0 Å². The first-order chi connectivity index (χ1) is 41.6. The summed E-state index contributed by atoms with van der Waals surface area (Å²) in [6.45, 7) is 21.7. The first-order valence-electron chi connectivity index (χ1n) is 30.2. The number of Topliss-reactive ketones (excluding diaryl/α,β-unsaturated/α-hetero) is 1. The van der Waals surface area contributed by atoms with Crippen LogP contribution < -0.4 is 31.1 Å². The summed E-state index contributed by atoms with van der Waals surface area (Å²) in [5.41, 5.74) is 15.7. The van der Waals surface area contributed by atoms with Gasteiger partial charge in [-0.05, 0) is 193 Å². The van der Waals surface area contributed by atoms with Crippen LogP contribution in [0.3, 0.4) is 0 Å². The van der Waals surface area contributed by atoms with E-state index >= 15 is 0 Å². The molecule has 1 aliphatic carbocycles. The van der Waals surface area contributed by atoms with E-state index in [1.807, 2.05) is 36.4 Å². The second-order valence-electron chi connectivity index (χ2n) is 24.5. The summed E-state index contributed by atoms with van der Waals surface area (Å²) >= 11 is 0. The normalized spacial score (nSPS) is 13.4. The predicted octanol–water partition coefficient (Wildman–Crippen LogP) is 9.28. The molecular formula is C72H84B2N5O7Si+. The topological polar surface area (TPSA) is 149 Å². The number of allylic oxidation sites excluding steroid dienone is 6. The molecule has 1 amide bonds. The molecule has 7 aromatic carbocycles. The smallest absolute Gasteiger partial charge is 0.488 e. The van der Waals surface area contributed by atoms with Gasteiger partial charge >= 0.3 is 14.2 Å². The highest BCUT2D eigenvalue weighted by molar-refractivity contribution is 6.98. The van der Waals surface area contributed by atoms with Crippen molar-refractivity contribution < 1.29 is 39.0 Å². The van der Waals surface area contributed by atoms with Crippen LogP contribution >= 0.6 is 0 Å². The Morgan fingerprint density at radius 1 is 0.655 bits per heavy atom. The Kier molecular flexibility index (Phi) is 20.2. The van der Waals surface area contributed by atoms with Crippen LogP contribution in [-0.2, 0) is 35.8 Å². The molecule has 15 heteroatoms. The molecule has 2 aliphatic rings. The summed E-state index contributed by atoms with van der Waals surface area (Å²) in [5.74, 6) is 0.627. The van der Waals surface area contributed by atoms with Crippen molar-refractivity contribution in [1.29, 1.82) is 0 Å². The maximum Gasteiger partial charge on any atom is 0.488 e. The molecule has 1 aliphatic heterocycles. The van der Waals surface area contributed by atoms with Gasteiger partial charge in [-0.1, -0.05) is 117 Å². The molecular weight excluding hydrogens is 1100 g/mol. The van der Waals surface area contributed by atoms with Gasteiger partial charge in [0.2, 0.25) is 5.91 Å². The Morgan fingerprint density at radius 3 is 1.82 bits per heavy atom. The number of carbonyl (C=O) groups is 2. The van der Waals surface area contributed by atoms with E-state index < -0.39 is 22.3 Å². The quantitative estimate of drug-likeness (QED) is 0.0123. The van der Waals surface area contributed by atoms with E-state index in [0.29, 0.717) is 87.1 Å². The number of nitrogens with one attached hydrogen (secondary N) is 1.